The summed E-state index contributed by atoms with van der Waals surface area (Å²) in [4.78, 5) is 26.0. The molecule has 5 rings (SSSR count). The minimum Gasteiger partial charge on any atom is -0.462 e. The van der Waals surface area contributed by atoms with Crippen LogP contribution >= 0.6 is 11.3 Å². The lowest BCUT2D eigenvalue weighted by molar-refractivity contribution is 0.0529. The first-order valence-electron chi connectivity index (χ1n) is 10.8. The molecule has 0 atom stereocenters. The summed E-state index contributed by atoms with van der Waals surface area (Å²) in [5.41, 5.74) is 3.91. The molecule has 0 saturated carbocycles. The summed E-state index contributed by atoms with van der Waals surface area (Å²) in [7, 11) is 0. The summed E-state index contributed by atoms with van der Waals surface area (Å²) in [6.45, 7) is 1.99. The van der Waals surface area contributed by atoms with Gasteiger partial charge >= 0.3 is 5.97 Å². The van der Waals surface area contributed by atoms with Gasteiger partial charge in [0.2, 0.25) is 0 Å². The fraction of sp³-hybridized carbons (Fsp3) is 0.0741. The number of nitrogens with one attached hydrogen (secondary N) is 1. The topological polar surface area (TPSA) is 81.4 Å². The van der Waals surface area contributed by atoms with Gasteiger partial charge in [0.05, 0.1) is 12.0 Å². The normalized spacial score (nSPS) is 10.9. The molecule has 5 aromatic rings. The monoisotopic (exact) mass is 468 g/mol. The Bertz CT molecular complexity index is 1470. The van der Waals surface area contributed by atoms with Crippen molar-refractivity contribution in [2.45, 2.75) is 6.92 Å². The molecular formula is C27H20N2O4S. The van der Waals surface area contributed by atoms with Crippen molar-refractivity contribution in [2.75, 3.05) is 11.9 Å². The van der Waals surface area contributed by atoms with Crippen molar-refractivity contribution in [3.63, 3.8) is 0 Å². The maximum atomic E-state index is 13.2. The Hall–Kier alpha value is -4.23. The van der Waals surface area contributed by atoms with Gasteiger partial charge in [0, 0.05) is 22.1 Å². The molecule has 2 heterocycles. The van der Waals surface area contributed by atoms with Gasteiger partial charge in [-0.3, -0.25) is 4.79 Å². The van der Waals surface area contributed by atoms with E-state index in [1.54, 1.807) is 25.1 Å². The Morgan fingerprint density at radius 3 is 2.38 bits per heavy atom. The third-order valence-corrected chi connectivity index (χ3v) is 6.25. The van der Waals surface area contributed by atoms with Gasteiger partial charge in [0.1, 0.15) is 16.1 Å². The second-order valence-electron chi connectivity index (χ2n) is 7.50. The molecule has 0 spiro atoms. The highest BCUT2D eigenvalue weighted by molar-refractivity contribution is 7.15. The molecule has 0 aliphatic carbocycles. The zero-order valence-electron chi connectivity index (χ0n) is 18.3. The summed E-state index contributed by atoms with van der Waals surface area (Å²) >= 11 is 1.29. The third kappa shape index (κ3) is 4.09. The summed E-state index contributed by atoms with van der Waals surface area (Å²) in [5, 5.41) is 10.0. The van der Waals surface area contributed by atoms with Crippen molar-refractivity contribution >= 4 is 39.1 Å². The number of anilines is 1. The lowest BCUT2D eigenvalue weighted by Crippen LogP contribution is -2.14. The first-order valence-corrected chi connectivity index (χ1v) is 11.6. The van der Waals surface area contributed by atoms with Crippen molar-refractivity contribution in [1.82, 2.24) is 5.16 Å². The number of esters is 1. The first-order chi connectivity index (χ1) is 16.7. The highest BCUT2D eigenvalue weighted by Crippen LogP contribution is 2.37. The molecule has 34 heavy (non-hydrogen) atoms. The van der Waals surface area contributed by atoms with Gasteiger partial charge in [0.15, 0.2) is 5.76 Å². The number of benzene rings is 3. The van der Waals surface area contributed by atoms with Crippen LogP contribution < -0.4 is 5.32 Å². The second kappa shape index (κ2) is 9.33. The zero-order chi connectivity index (χ0) is 23.5. The maximum absolute atomic E-state index is 13.2. The van der Waals surface area contributed by atoms with E-state index in [-0.39, 0.29) is 12.5 Å². The predicted octanol–water partition coefficient (Wildman–Crippen LogP) is 6.65. The number of hydrogen-bond donors (Lipinski definition) is 1. The quantitative estimate of drug-likeness (QED) is 0.282. The molecule has 7 heteroatoms. The maximum Gasteiger partial charge on any atom is 0.341 e. The number of carbonyl (C=O) groups is 2. The molecule has 0 radical (unpaired) electrons. The molecule has 0 aliphatic rings. The smallest absolute Gasteiger partial charge is 0.341 e. The Kier molecular flexibility index (Phi) is 5.93. The van der Waals surface area contributed by atoms with E-state index in [9.17, 15) is 9.59 Å². The zero-order valence-corrected chi connectivity index (χ0v) is 19.1. The number of hydrogen-bond acceptors (Lipinski definition) is 6. The molecule has 168 valence electrons. The molecule has 0 unspecified atom stereocenters. The summed E-state index contributed by atoms with van der Waals surface area (Å²) in [6, 6.07) is 24.3. The van der Waals surface area contributed by atoms with Gasteiger partial charge in [-0.2, -0.15) is 0 Å². The number of fused-ring (bicyclic) bond motifs is 1. The largest absolute Gasteiger partial charge is 0.462 e. The van der Waals surface area contributed by atoms with Crippen LogP contribution in [0.3, 0.4) is 0 Å². The van der Waals surface area contributed by atoms with Crippen molar-refractivity contribution < 1.29 is 18.8 Å². The predicted molar refractivity (Wildman–Crippen MR) is 133 cm³/mol. The van der Waals surface area contributed by atoms with Crippen LogP contribution in [0.2, 0.25) is 0 Å². The SMILES string of the molecule is CCOC(=O)c1c(-c2ccccc2)csc1NC(=O)c1ccc2noc(-c3ccccc3)c2c1. The van der Waals surface area contributed by atoms with Crippen LogP contribution in [0.25, 0.3) is 33.4 Å². The van der Waals surface area contributed by atoms with E-state index in [0.717, 1.165) is 22.1 Å². The fourth-order valence-electron chi connectivity index (χ4n) is 3.74. The van der Waals surface area contributed by atoms with Crippen molar-refractivity contribution in [1.29, 1.82) is 0 Å². The van der Waals surface area contributed by atoms with E-state index >= 15 is 0 Å². The van der Waals surface area contributed by atoms with Crippen LogP contribution in [0.1, 0.15) is 27.6 Å². The molecule has 3 aromatic carbocycles. The number of ether oxygens (including phenoxy) is 1. The summed E-state index contributed by atoms with van der Waals surface area (Å²) in [6.07, 6.45) is 0. The lowest BCUT2D eigenvalue weighted by Gasteiger charge is -2.09. The summed E-state index contributed by atoms with van der Waals surface area (Å²) in [5.74, 6) is -0.215. The van der Waals surface area contributed by atoms with Crippen LogP contribution in [-0.2, 0) is 4.74 Å². The van der Waals surface area contributed by atoms with E-state index in [0.29, 0.717) is 27.4 Å². The van der Waals surface area contributed by atoms with Crippen LogP contribution in [0.15, 0.2) is 88.8 Å². The average molecular weight is 469 g/mol. The van der Waals surface area contributed by atoms with Crippen molar-refractivity contribution in [3.8, 4) is 22.5 Å². The van der Waals surface area contributed by atoms with Crippen molar-refractivity contribution in [3.05, 3.63) is 95.4 Å². The second-order valence-corrected chi connectivity index (χ2v) is 8.38. The van der Waals surface area contributed by atoms with E-state index in [2.05, 4.69) is 10.5 Å². The number of thiophene rings is 1. The minimum atomic E-state index is -0.473. The number of amides is 1. The molecule has 1 amide bonds. The van der Waals surface area contributed by atoms with Crippen LogP contribution in [-0.4, -0.2) is 23.6 Å². The van der Waals surface area contributed by atoms with Gasteiger partial charge in [-0.1, -0.05) is 65.8 Å². The minimum absolute atomic E-state index is 0.239. The van der Waals surface area contributed by atoms with E-state index in [1.165, 1.54) is 11.3 Å². The highest BCUT2D eigenvalue weighted by Gasteiger charge is 2.23. The Labute approximate surface area is 199 Å². The van der Waals surface area contributed by atoms with Crippen LogP contribution in [0.4, 0.5) is 5.00 Å². The molecule has 0 saturated heterocycles. The van der Waals surface area contributed by atoms with E-state index < -0.39 is 5.97 Å². The Morgan fingerprint density at radius 1 is 0.971 bits per heavy atom. The van der Waals surface area contributed by atoms with Gasteiger partial charge < -0.3 is 14.6 Å². The number of rotatable bonds is 6. The number of nitrogens with zero attached hydrogens (tertiary/aromatic N) is 1. The van der Waals surface area contributed by atoms with Crippen LogP contribution in [0.5, 0.6) is 0 Å². The van der Waals surface area contributed by atoms with E-state index in [1.807, 2.05) is 66.0 Å². The molecule has 2 aromatic heterocycles. The van der Waals surface area contributed by atoms with E-state index in [4.69, 9.17) is 9.26 Å². The Balaban J connectivity index is 1.50. The molecule has 0 fully saturated rings. The standard InChI is InChI=1S/C27H20N2O4S/c1-2-32-27(31)23-21(17-9-5-3-6-10-17)16-34-26(23)28-25(30)19-13-14-22-20(15-19)24(33-29-22)18-11-7-4-8-12-18/h3-16H,2H2,1H3,(H,28,30). The third-order valence-electron chi connectivity index (χ3n) is 5.36. The van der Waals surface area contributed by atoms with Crippen LogP contribution in [0, 0.1) is 0 Å². The summed E-state index contributed by atoms with van der Waals surface area (Å²) < 4.78 is 10.8. The molecule has 1 N–H and O–H groups in total. The first kappa shape index (κ1) is 21.6. The Morgan fingerprint density at radius 2 is 1.68 bits per heavy atom. The highest BCUT2D eigenvalue weighted by atomic mass is 32.1. The molecule has 0 aliphatic heterocycles. The van der Waals surface area contributed by atoms with Gasteiger partial charge in [-0.15, -0.1) is 11.3 Å². The van der Waals surface area contributed by atoms with Gasteiger partial charge in [-0.25, -0.2) is 4.79 Å². The van der Waals surface area contributed by atoms with Gasteiger partial charge in [0.25, 0.3) is 5.91 Å². The van der Waals surface area contributed by atoms with Crippen molar-refractivity contribution in [2.24, 2.45) is 0 Å². The molecular weight excluding hydrogens is 448 g/mol. The fourth-order valence-corrected chi connectivity index (χ4v) is 4.69. The average Bonchev–Trinajstić information content (AvgIpc) is 3.49. The number of aromatic nitrogens is 1. The molecule has 0 bridgehead atoms. The lowest BCUT2D eigenvalue weighted by atomic mass is 10.0. The molecule has 6 nitrogen and oxygen atoms in total. The number of carbonyl (C=O) groups excluding carboxylic acids is 2. The van der Waals surface area contributed by atoms with Gasteiger partial charge in [-0.05, 0) is 30.7 Å².